The summed E-state index contributed by atoms with van der Waals surface area (Å²) in [6, 6.07) is 0.513. The molecular weight excluding hydrogens is 200 g/mol. The van der Waals surface area contributed by atoms with Gasteiger partial charge < -0.3 is 0 Å². The number of hydrogen-bond donors (Lipinski definition) is 0. The first kappa shape index (κ1) is 10.0. The van der Waals surface area contributed by atoms with E-state index in [9.17, 15) is 17.2 Å². The van der Waals surface area contributed by atoms with Crippen molar-refractivity contribution in [3.8, 4) is 0 Å². The molecule has 0 aromatic carbocycles. The summed E-state index contributed by atoms with van der Waals surface area (Å²) in [6.45, 7) is 1.27. The van der Waals surface area contributed by atoms with Gasteiger partial charge in [0.2, 0.25) is 0 Å². The van der Waals surface area contributed by atoms with Crippen molar-refractivity contribution in [1.29, 1.82) is 0 Å². The van der Waals surface area contributed by atoms with Crippen LogP contribution in [0.1, 0.15) is 5.69 Å². The highest BCUT2D eigenvalue weighted by atomic mass is 32.2. The summed E-state index contributed by atoms with van der Waals surface area (Å²) in [5, 5.41) is -0.716. The summed E-state index contributed by atoms with van der Waals surface area (Å²) in [5.41, 5.74) is -0.137. The lowest BCUT2D eigenvalue weighted by Crippen LogP contribution is -2.06. The first-order valence-electron chi connectivity index (χ1n) is 3.35. The Kier molecular flexibility index (Phi) is 2.34. The number of halogens is 2. The van der Waals surface area contributed by atoms with Crippen molar-refractivity contribution >= 4 is 9.84 Å². The van der Waals surface area contributed by atoms with Crippen molar-refractivity contribution in [1.82, 2.24) is 4.98 Å². The van der Waals surface area contributed by atoms with Crippen LogP contribution in [0, 0.1) is 18.6 Å². The normalized spacial score (nSPS) is 11.7. The van der Waals surface area contributed by atoms with E-state index < -0.39 is 26.5 Å². The number of nitrogens with zero attached hydrogens (tertiary/aromatic N) is 1. The molecule has 0 bridgehead atoms. The maximum absolute atomic E-state index is 12.8. The molecule has 0 N–H and O–H groups in total. The van der Waals surface area contributed by atoms with Gasteiger partial charge in [0, 0.05) is 12.3 Å². The lowest BCUT2D eigenvalue weighted by Gasteiger charge is -2.01. The van der Waals surface area contributed by atoms with E-state index in [4.69, 9.17) is 0 Å². The summed E-state index contributed by atoms with van der Waals surface area (Å²) in [6.07, 6.45) is 0.815. The fourth-order valence-electron chi connectivity index (χ4n) is 0.797. The maximum atomic E-state index is 12.8. The lowest BCUT2D eigenvalue weighted by molar-refractivity contribution is 0.526. The molecule has 6 heteroatoms. The second kappa shape index (κ2) is 3.02. The Morgan fingerprint density at radius 1 is 1.31 bits per heavy atom. The summed E-state index contributed by atoms with van der Waals surface area (Å²) in [7, 11) is -3.73. The van der Waals surface area contributed by atoms with Crippen molar-refractivity contribution in [3.63, 3.8) is 0 Å². The van der Waals surface area contributed by atoms with Crippen LogP contribution in [0.25, 0.3) is 0 Å². The predicted octanol–water partition coefficient (Wildman–Crippen LogP) is 1.07. The summed E-state index contributed by atoms with van der Waals surface area (Å²) < 4.78 is 47.3. The van der Waals surface area contributed by atoms with Gasteiger partial charge in [0.25, 0.3) is 0 Å². The Morgan fingerprint density at radius 3 is 2.31 bits per heavy atom. The van der Waals surface area contributed by atoms with Crippen LogP contribution in [0.5, 0.6) is 0 Å². The first-order chi connectivity index (χ1) is 5.82. The number of hydrogen-bond acceptors (Lipinski definition) is 3. The van der Waals surface area contributed by atoms with Crippen molar-refractivity contribution < 1.29 is 17.2 Å². The lowest BCUT2D eigenvalue weighted by atomic mass is 10.3. The quantitative estimate of drug-likeness (QED) is 0.692. The van der Waals surface area contributed by atoms with Crippen LogP contribution in [0.3, 0.4) is 0 Å². The second-order valence-electron chi connectivity index (χ2n) is 2.61. The molecule has 1 aromatic heterocycles. The summed E-state index contributed by atoms with van der Waals surface area (Å²) >= 11 is 0. The monoisotopic (exact) mass is 207 g/mol. The molecule has 3 nitrogen and oxygen atoms in total. The number of pyridine rings is 1. The zero-order valence-electron chi connectivity index (χ0n) is 7.01. The fourth-order valence-corrected chi connectivity index (χ4v) is 1.51. The van der Waals surface area contributed by atoms with Crippen LogP contribution in [-0.2, 0) is 9.84 Å². The largest absolute Gasteiger partial charge is 0.236 e. The molecule has 1 rings (SSSR count). The highest BCUT2D eigenvalue weighted by molar-refractivity contribution is 7.90. The average molecular weight is 207 g/mol. The number of rotatable bonds is 1. The minimum absolute atomic E-state index is 0.137. The Hall–Kier alpha value is -1.04. The van der Waals surface area contributed by atoms with Crippen LogP contribution in [0.2, 0.25) is 0 Å². The Labute approximate surface area is 74.3 Å². The van der Waals surface area contributed by atoms with E-state index in [1.54, 1.807) is 0 Å². The third-order valence-corrected chi connectivity index (χ3v) is 2.41. The molecule has 72 valence electrons. The molecule has 0 aliphatic heterocycles. The predicted molar refractivity (Wildman–Crippen MR) is 42.0 cm³/mol. The molecule has 1 heterocycles. The van der Waals surface area contributed by atoms with Crippen LogP contribution in [0.15, 0.2) is 11.1 Å². The Balaban J connectivity index is 3.50. The smallest absolute Gasteiger partial charge is 0.195 e. The van der Waals surface area contributed by atoms with E-state index in [0.717, 1.165) is 6.26 Å². The SMILES string of the molecule is Cc1nc(S(C)(=O)=O)c(F)cc1F. The third-order valence-electron chi connectivity index (χ3n) is 1.42. The van der Waals surface area contributed by atoms with Crippen molar-refractivity contribution in [2.75, 3.05) is 6.26 Å². The molecule has 0 amide bonds. The molecule has 0 atom stereocenters. The van der Waals surface area contributed by atoms with E-state index in [1.165, 1.54) is 6.92 Å². The van der Waals surface area contributed by atoms with Crippen LogP contribution in [0.4, 0.5) is 8.78 Å². The molecule has 0 saturated carbocycles. The third kappa shape index (κ3) is 2.00. The van der Waals surface area contributed by atoms with Gasteiger partial charge in [-0.05, 0) is 6.92 Å². The zero-order chi connectivity index (χ0) is 10.2. The highest BCUT2D eigenvalue weighted by Gasteiger charge is 2.17. The molecule has 0 aliphatic rings. The average Bonchev–Trinajstić information content (AvgIpc) is 1.94. The van der Waals surface area contributed by atoms with Gasteiger partial charge in [0.05, 0.1) is 5.69 Å². The number of aryl methyl sites for hydroxylation is 1. The van der Waals surface area contributed by atoms with E-state index in [0.29, 0.717) is 6.07 Å². The number of sulfone groups is 1. The van der Waals surface area contributed by atoms with Gasteiger partial charge in [-0.15, -0.1) is 0 Å². The van der Waals surface area contributed by atoms with Gasteiger partial charge in [-0.3, -0.25) is 0 Å². The van der Waals surface area contributed by atoms with Gasteiger partial charge in [-0.1, -0.05) is 0 Å². The Bertz CT molecular complexity index is 442. The molecule has 0 fully saturated rings. The molecular formula is C7H7F2NO2S. The minimum atomic E-state index is -3.73. The topological polar surface area (TPSA) is 47.0 Å². The van der Waals surface area contributed by atoms with E-state index in [2.05, 4.69) is 4.98 Å². The van der Waals surface area contributed by atoms with Gasteiger partial charge in [0.15, 0.2) is 20.7 Å². The maximum Gasteiger partial charge on any atom is 0.195 e. The van der Waals surface area contributed by atoms with Gasteiger partial charge >= 0.3 is 0 Å². The molecule has 0 unspecified atom stereocenters. The van der Waals surface area contributed by atoms with Crippen LogP contribution >= 0.6 is 0 Å². The molecule has 1 aromatic rings. The molecule has 0 spiro atoms. The molecule has 0 saturated heterocycles. The number of aromatic nitrogens is 1. The molecule has 0 aliphatic carbocycles. The van der Waals surface area contributed by atoms with E-state index in [-0.39, 0.29) is 5.69 Å². The standard InChI is InChI=1S/C7H7F2NO2S/c1-4-5(8)3-6(9)7(10-4)13(2,11)12/h3H,1-2H3. The van der Waals surface area contributed by atoms with Gasteiger partial charge in [0.1, 0.15) is 5.82 Å². The van der Waals surface area contributed by atoms with Crippen LogP contribution < -0.4 is 0 Å². The van der Waals surface area contributed by atoms with Crippen molar-refractivity contribution in [2.45, 2.75) is 11.9 Å². The van der Waals surface area contributed by atoms with E-state index in [1.807, 2.05) is 0 Å². The summed E-state index contributed by atoms with van der Waals surface area (Å²) in [4.78, 5) is 3.31. The van der Waals surface area contributed by atoms with E-state index >= 15 is 0 Å². The van der Waals surface area contributed by atoms with Gasteiger partial charge in [-0.25, -0.2) is 22.2 Å². The highest BCUT2D eigenvalue weighted by Crippen LogP contribution is 2.14. The van der Waals surface area contributed by atoms with Gasteiger partial charge in [-0.2, -0.15) is 0 Å². The Morgan fingerprint density at radius 2 is 1.85 bits per heavy atom. The first-order valence-corrected chi connectivity index (χ1v) is 5.24. The van der Waals surface area contributed by atoms with Crippen molar-refractivity contribution in [3.05, 3.63) is 23.4 Å². The van der Waals surface area contributed by atoms with Crippen molar-refractivity contribution in [2.24, 2.45) is 0 Å². The fraction of sp³-hybridized carbons (Fsp3) is 0.286. The minimum Gasteiger partial charge on any atom is -0.236 e. The zero-order valence-corrected chi connectivity index (χ0v) is 7.82. The molecule has 0 radical (unpaired) electrons. The second-order valence-corrected chi connectivity index (χ2v) is 4.55. The van der Waals surface area contributed by atoms with Crippen LogP contribution in [-0.4, -0.2) is 19.7 Å². The molecule has 13 heavy (non-hydrogen) atoms. The summed E-state index contributed by atoms with van der Waals surface area (Å²) in [5.74, 6) is -2.02.